The standard InChI is InChI=1S/C5H10IN/c1-2-3-4-5(6)7/h4H,2-3,7H2,1H3. The molecule has 0 amide bonds. The quantitative estimate of drug-likeness (QED) is 0.548. The first kappa shape index (κ1) is 7.27. The lowest BCUT2D eigenvalue weighted by molar-refractivity contribution is 0.955. The number of halogens is 1. The van der Waals surface area contributed by atoms with Gasteiger partial charge in [0.05, 0.1) is 3.70 Å². The Bertz CT molecular complexity index is 64.5. The van der Waals surface area contributed by atoms with Crippen LogP contribution in [-0.4, -0.2) is 0 Å². The van der Waals surface area contributed by atoms with E-state index >= 15 is 0 Å². The molecule has 0 heterocycles. The summed E-state index contributed by atoms with van der Waals surface area (Å²) in [4.78, 5) is 0. The Hall–Kier alpha value is 0.270. The third-order valence-corrected chi connectivity index (χ3v) is 1.07. The molecule has 0 aliphatic carbocycles. The molecule has 0 unspecified atom stereocenters. The van der Waals surface area contributed by atoms with E-state index in [1.165, 1.54) is 6.42 Å². The first-order valence-corrected chi connectivity index (χ1v) is 3.46. The summed E-state index contributed by atoms with van der Waals surface area (Å²) in [5, 5.41) is 0. The van der Waals surface area contributed by atoms with Gasteiger partial charge in [0, 0.05) is 0 Å². The molecule has 0 aromatic rings. The van der Waals surface area contributed by atoms with Crippen LogP contribution >= 0.6 is 22.6 Å². The molecule has 0 rings (SSSR count). The smallest absolute Gasteiger partial charge is 0.0665 e. The predicted molar refractivity (Wildman–Crippen MR) is 41.2 cm³/mol. The molecule has 0 fully saturated rings. The third-order valence-electron chi connectivity index (χ3n) is 0.628. The van der Waals surface area contributed by atoms with E-state index in [-0.39, 0.29) is 0 Å². The topological polar surface area (TPSA) is 26.0 Å². The maximum atomic E-state index is 5.33. The van der Waals surface area contributed by atoms with E-state index in [4.69, 9.17) is 5.73 Å². The highest BCUT2D eigenvalue weighted by Gasteiger charge is 1.75. The van der Waals surface area contributed by atoms with E-state index in [0.717, 1.165) is 10.1 Å². The second-order valence-electron chi connectivity index (χ2n) is 1.38. The zero-order valence-corrected chi connectivity index (χ0v) is 6.60. The van der Waals surface area contributed by atoms with Gasteiger partial charge in [-0.15, -0.1) is 0 Å². The fourth-order valence-electron chi connectivity index (χ4n) is 0.282. The average Bonchev–Trinajstić information content (AvgIpc) is 1.61. The van der Waals surface area contributed by atoms with Crippen LogP contribution in [0.3, 0.4) is 0 Å². The minimum Gasteiger partial charge on any atom is -0.394 e. The summed E-state index contributed by atoms with van der Waals surface area (Å²) >= 11 is 2.10. The van der Waals surface area contributed by atoms with Gasteiger partial charge in [0.2, 0.25) is 0 Å². The van der Waals surface area contributed by atoms with E-state index in [1.54, 1.807) is 0 Å². The van der Waals surface area contributed by atoms with Gasteiger partial charge in [-0.05, 0) is 29.0 Å². The highest BCUT2D eigenvalue weighted by Crippen LogP contribution is 1.98. The molecule has 42 valence electrons. The van der Waals surface area contributed by atoms with Gasteiger partial charge in [-0.1, -0.05) is 19.4 Å². The number of rotatable bonds is 2. The molecule has 0 aliphatic rings. The van der Waals surface area contributed by atoms with Crippen LogP contribution in [-0.2, 0) is 0 Å². The first-order chi connectivity index (χ1) is 3.27. The Kier molecular flexibility index (Phi) is 4.60. The molecule has 0 saturated heterocycles. The number of nitrogens with two attached hydrogens (primary N) is 1. The van der Waals surface area contributed by atoms with Crippen LogP contribution in [0, 0.1) is 0 Å². The lowest BCUT2D eigenvalue weighted by atomic mass is 10.3. The Morgan fingerprint density at radius 2 is 2.43 bits per heavy atom. The molecular formula is C5H10IN. The van der Waals surface area contributed by atoms with Crippen molar-refractivity contribution < 1.29 is 0 Å². The van der Waals surface area contributed by atoms with Crippen LogP contribution < -0.4 is 5.73 Å². The van der Waals surface area contributed by atoms with Gasteiger partial charge in [-0.25, -0.2) is 0 Å². The molecule has 0 bridgehead atoms. The minimum atomic E-state index is 0.902. The monoisotopic (exact) mass is 211 g/mol. The number of allylic oxidation sites excluding steroid dienone is 1. The maximum absolute atomic E-state index is 5.33. The second kappa shape index (κ2) is 4.43. The molecule has 0 aromatic heterocycles. The van der Waals surface area contributed by atoms with Crippen molar-refractivity contribution in [3.05, 3.63) is 9.78 Å². The van der Waals surface area contributed by atoms with E-state index < -0.39 is 0 Å². The van der Waals surface area contributed by atoms with Crippen LogP contribution in [0.4, 0.5) is 0 Å². The Morgan fingerprint density at radius 3 is 2.57 bits per heavy atom. The molecule has 1 nitrogen and oxygen atoms in total. The summed E-state index contributed by atoms with van der Waals surface area (Å²) in [6, 6.07) is 0. The number of hydrogen-bond acceptors (Lipinski definition) is 1. The molecule has 7 heavy (non-hydrogen) atoms. The lowest BCUT2D eigenvalue weighted by Crippen LogP contribution is -1.84. The van der Waals surface area contributed by atoms with Crippen molar-refractivity contribution in [3.8, 4) is 0 Å². The van der Waals surface area contributed by atoms with Crippen LogP contribution in [0.25, 0.3) is 0 Å². The summed E-state index contributed by atoms with van der Waals surface area (Å²) in [6.07, 6.45) is 4.32. The molecular weight excluding hydrogens is 201 g/mol. The molecule has 0 aliphatic heterocycles. The van der Waals surface area contributed by atoms with Gasteiger partial charge in [-0.3, -0.25) is 0 Å². The highest BCUT2D eigenvalue weighted by atomic mass is 127. The Morgan fingerprint density at radius 1 is 1.86 bits per heavy atom. The molecule has 2 heteroatoms. The average molecular weight is 211 g/mol. The molecule has 0 aromatic carbocycles. The third kappa shape index (κ3) is 6.27. The van der Waals surface area contributed by atoms with Crippen molar-refractivity contribution >= 4 is 22.6 Å². The van der Waals surface area contributed by atoms with Crippen molar-refractivity contribution in [1.82, 2.24) is 0 Å². The Labute approximate surface area is 58.1 Å². The largest absolute Gasteiger partial charge is 0.394 e. The highest BCUT2D eigenvalue weighted by molar-refractivity contribution is 14.1. The summed E-state index contributed by atoms with van der Waals surface area (Å²) < 4.78 is 0.902. The molecule has 0 radical (unpaired) electrons. The maximum Gasteiger partial charge on any atom is 0.0665 e. The predicted octanol–water partition coefficient (Wildman–Crippen LogP) is 2.02. The van der Waals surface area contributed by atoms with Crippen LogP contribution in [0.5, 0.6) is 0 Å². The summed E-state index contributed by atoms with van der Waals surface area (Å²) in [7, 11) is 0. The van der Waals surface area contributed by atoms with Crippen molar-refractivity contribution in [2.45, 2.75) is 19.8 Å². The van der Waals surface area contributed by atoms with Gasteiger partial charge in [0.25, 0.3) is 0 Å². The zero-order valence-electron chi connectivity index (χ0n) is 4.45. The fourth-order valence-corrected chi connectivity index (χ4v) is 0.594. The molecule has 0 spiro atoms. The molecule has 0 atom stereocenters. The molecule has 2 N–H and O–H groups in total. The van der Waals surface area contributed by atoms with E-state index in [0.29, 0.717) is 0 Å². The summed E-state index contributed by atoms with van der Waals surface area (Å²) in [5.74, 6) is 0. The number of unbranched alkanes of at least 4 members (excludes halogenated alkanes) is 1. The molecule has 0 saturated carbocycles. The normalized spacial score (nSPS) is 12.0. The van der Waals surface area contributed by atoms with E-state index in [9.17, 15) is 0 Å². The lowest BCUT2D eigenvalue weighted by Gasteiger charge is -1.83. The van der Waals surface area contributed by atoms with Crippen molar-refractivity contribution in [2.24, 2.45) is 5.73 Å². The minimum absolute atomic E-state index is 0.902. The van der Waals surface area contributed by atoms with Crippen molar-refractivity contribution in [3.63, 3.8) is 0 Å². The van der Waals surface area contributed by atoms with Gasteiger partial charge >= 0.3 is 0 Å². The van der Waals surface area contributed by atoms with Gasteiger partial charge in [0.15, 0.2) is 0 Å². The Balaban J connectivity index is 3.08. The van der Waals surface area contributed by atoms with Crippen molar-refractivity contribution in [2.75, 3.05) is 0 Å². The van der Waals surface area contributed by atoms with Crippen LogP contribution in [0.15, 0.2) is 9.78 Å². The summed E-state index contributed by atoms with van der Waals surface area (Å²) in [5.41, 5.74) is 5.33. The van der Waals surface area contributed by atoms with E-state index in [1.807, 2.05) is 6.08 Å². The number of hydrogen-bond donors (Lipinski definition) is 1. The summed E-state index contributed by atoms with van der Waals surface area (Å²) in [6.45, 7) is 2.13. The van der Waals surface area contributed by atoms with Gasteiger partial charge < -0.3 is 5.73 Å². The van der Waals surface area contributed by atoms with Gasteiger partial charge in [0.1, 0.15) is 0 Å². The van der Waals surface area contributed by atoms with Gasteiger partial charge in [-0.2, -0.15) is 0 Å². The van der Waals surface area contributed by atoms with Crippen molar-refractivity contribution in [1.29, 1.82) is 0 Å². The zero-order chi connectivity index (χ0) is 5.70. The van der Waals surface area contributed by atoms with Crippen LogP contribution in [0.2, 0.25) is 0 Å². The van der Waals surface area contributed by atoms with E-state index in [2.05, 4.69) is 29.5 Å². The fraction of sp³-hybridized carbons (Fsp3) is 0.600. The first-order valence-electron chi connectivity index (χ1n) is 2.38. The van der Waals surface area contributed by atoms with Crippen LogP contribution in [0.1, 0.15) is 19.8 Å². The SMILES string of the molecule is CCCC=C(N)I. The second-order valence-corrected chi connectivity index (χ2v) is 2.62.